The molecule has 1 aromatic carbocycles. The van der Waals surface area contributed by atoms with E-state index in [1.54, 1.807) is 0 Å². The van der Waals surface area contributed by atoms with E-state index in [0.717, 1.165) is 16.7 Å². The summed E-state index contributed by atoms with van der Waals surface area (Å²) in [6, 6.07) is 10.8. The van der Waals surface area contributed by atoms with E-state index in [-0.39, 0.29) is 23.2 Å². The number of nitrogens with one attached hydrogen (secondary N) is 1. The minimum absolute atomic E-state index is 0.123. The molecule has 0 aliphatic heterocycles. The molecule has 5 heteroatoms. The summed E-state index contributed by atoms with van der Waals surface area (Å²) in [4.78, 5) is 23.4. The van der Waals surface area contributed by atoms with Crippen molar-refractivity contribution in [3.05, 3.63) is 63.6 Å². The summed E-state index contributed by atoms with van der Waals surface area (Å²) in [5, 5.41) is 6.82. The number of carbonyl (C=O) groups excluding carboxylic acids is 1. The number of carbonyl (C=O) groups is 1. The van der Waals surface area contributed by atoms with Crippen LogP contribution in [0.4, 0.5) is 0 Å². The van der Waals surface area contributed by atoms with Gasteiger partial charge in [-0.3, -0.25) is 9.59 Å². The molecule has 0 radical (unpaired) electrons. The Morgan fingerprint density at radius 2 is 1.90 bits per heavy atom. The molecule has 1 aromatic heterocycles. The Morgan fingerprint density at radius 3 is 2.48 bits per heavy atom. The van der Waals surface area contributed by atoms with E-state index in [2.05, 4.69) is 29.5 Å². The third-order valence-electron chi connectivity index (χ3n) is 3.43. The molecule has 21 heavy (non-hydrogen) atoms. The molecule has 0 spiro atoms. The van der Waals surface area contributed by atoms with Gasteiger partial charge in [-0.15, -0.1) is 0 Å². The molecule has 1 atom stereocenters. The number of rotatable bonds is 4. The van der Waals surface area contributed by atoms with E-state index in [1.807, 2.05) is 19.1 Å². The number of nitrogens with zero attached hydrogens (tertiary/aromatic N) is 2. The van der Waals surface area contributed by atoms with Gasteiger partial charge in [0.05, 0.1) is 6.04 Å². The van der Waals surface area contributed by atoms with Gasteiger partial charge in [0.15, 0.2) is 0 Å². The maximum atomic E-state index is 12.1. The van der Waals surface area contributed by atoms with Crippen molar-refractivity contribution in [3.63, 3.8) is 0 Å². The summed E-state index contributed by atoms with van der Waals surface area (Å²) in [6.07, 6.45) is 0.989. The Kier molecular flexibility index (Phi) is 4.52. The summed E-state index contributed by atoms with van der Waals surface area (Å²) >= 11 is 0. The van der Waals surface area contributed by atoms with Crippen LogP contribution in [0.15, 0.2) is 41.2 Å². The fraction of sp³-hybridized carbons (Fsp3) is 0.312. The number of aromatic nitrogens is 2. The molecule has 110 valence electrons. The Balaban J connectivity index is 2.10. The topological polar surface area (TPSA) is 64.0 Å². The SMILES string of the molecule is CCc1ccc([C@H](C)NC(=O)c2ccc(=O)n(C)n2)cc1. The summed E-state index contributed by atoms with van der Waals surface area (Å²) in [6.45, 7) is 4.02. The van der Waals surface area contributed by atoms with Crippen LogP contribution < -0.4 is 10.9 Å². The average Bonchev–Trinajstić information content (AvgIpc) is 2.50. The van der Waals surface area contributed by atoms with Gasteiger partial charge in [-0.05, 0) is 30.5 Å². The zero-order valence-corrected chi connectivity index (χ0v) is 12.5. The van der Waals surface area contributed by atoms with E-state index < -0.39 is 0 Å². The van der Waals surface area contributed by atoms with Gasteiger partial charge in [-0.2, -0.15) is 5.10 Å². The van der Waals surface area contributed by atoms with E-state index >= 15 is 0 Å². The maximum Gasteiger partial charge on any atom is 0.272 e. The van der Waals surface area contributed by atoms with Crippen molar-refractivity contribution in [1.29, 1.82) is 0 Å². The number of hydrogen-bond donors (Lipinski definition) is 1. The Bertz CT molecular complexity index is 689. The van der Waals surface area contributed by atoms with Crippen LogP contribution in [-0.4, -0.2) is 15.7 Å². The van der Waals surface area contributed by atoms with Gasteiger partial charge in [-0.1, -0.05) is 31.2 Å². The fourth-order valence-corrected chi connectivity index (χ4v) is 2.02. The molecular weight excluding hydrogens is 266 g/mol. The molecule has 0 bridgehead atoms. The lowest BCUT2D eigenvalue weighted by Crippen LogP contribution is -2.30. The molecule has 1 heterocycles. The first-order chi connectivity index (χ1) is 10.0. The summed E-state index contributed by atoms with van der Waals surface area (Å²) in [5.74, 6) is -0.294. The van der Waals surface area contributed by atoms with Gasteiger partial charge in [0, 0.05) is 13.1 Å². The quantitative estimate of drug-likeness (QED) is 0.932. The average molecular weight is 285 g/mol. The molecule has 0 saturated carbocycles. The molecular formula is C16H19N3O2. The van der Waals surface area contributed by atoms with Crippen LogP contribution >= 0.6 is 0 Å². The van der Waals surface area contributed by atoms with Crippen LogP contribution in [0.5, 0.6) is 0 Å². The van der Waals surface area contributed by atoms with Crippen molar-refractivity contribution in [1.82, 2.24) is 15.1 Å². The van der Waals surface area contributed by atoms with Crippen LogP contribution in [0.25, 0.3) is 0 Å². The van der Waals surface area contributed by atoms with E-state index in [9.17, 15) is 9.59 Å². The van der Waals surface area contributed by atoms with Crippen molar-refractivity contribution >= 4 is 5.91 Å². The van der Waals surface area contributed by atoms with Crippen LogP contribution in [0.3, 0.4) is 0 Å². The molecule has 1 N–H and O–H groups in total. The monoisotopic (exact) mass is 285 g/mol. The van der Waals surface area contributed by atoms with E-state index in [1.165, 1.54) is 24.7 Å². The lowest BCUT2D eigenvalue weighted by Gasteiger charge is -2.14. The minimum atomic E-state index is -0.294. The van der Waals surface area contributed by atoms with Crippen molar-refractivity contribution in [3.8, 4) is 0 Å². The second-order valence-electron chi connectivity index (χ2n) is 4.97. The lowest BCUT2D eigenvalue weighted by atomic mass is 10.0. The van der Waals surface area contributed by atoms with Crippen molar-refractivity contribution < 1.29 is 4.79 Å². The maximum absolute atomic E-state index is 12.1. The highest BCUT2D eigenvalue weighted by Gasteiger charge is 2.13. The van der Waals surface area contributed by atoms with Gasteiger partial charge < -0.3 is 5.32 Å². The van der Waals surface area contributed by atoms with E-state index in [4.69, 9.17) is 0 Å². The standard InChI is InChI=1S/C16H19N3O2/c1-4-12-5-7-13(8-6-12)11(2)17-16(21)14-9-10-15(20)19(3)18-14/h5-11H,4H2,1-3H3,(H,17,21)/t11-/m0/s1. The van der Waals surface area contributed by atoms with Crippen LogP contribution in [0, 0.1) is 0 Å². The molecule has 0 fully saturated rings. The summed E-state index contributed by atoms with van der Waals surface area (Å²) in [5.41, 5.74) is 2.28. The molecule has 0 aliphatic rings. The highest BCUT2D eigenvalue weighted by atomic mass is 16.2. The van der Waals surface area contributed by atoms with Crippen molar-refractivity contribution in [2.24, 2.45) is 7.05 Å². The first kappa shape index (κ1) is 15.0. The van der Waals surface area contributed by atoms with E-state index in [0.29, 0.717) is 0 Å². The van der Waals surface area contributed by atoms with Gasteiger partial charge >= 0.3 is 0 Å². The van der Waals surface area contributed by atoms with Crippen molar-refractivity contribution in [2.45, 2.75) is 26.3 Å². The number of hydrogen-bond acceptors (Lipinski definition) is 3. The largest absolute Gasteiger partial charge is 0.344 e. The third-order valence-corrected chi connectivity index (χ3v) is 3.43. The molecule has 2 rings (SSSR count). The summed E-state index contributed by atoms with van der Waals surface area (Å²) < 4.78 is 1.15. The minimum Gasteiger partial charge on any atom is -0.344 e. The van der Waals surface area contributed by atoms with Crippen LogP contribution in [0.1, 0.15) is 41.5 Å². The zero-order valence-electron chi connectivity index (χ0n) is 12.5. The number of benzene rings is 1. The van der Waals surface area contributed by atoms with Gasteiger partial charge in [-0.25, -0.2) is 4.68 Å². The van der Waals surface area contributed by atoms with Crippen LogP contribution in [-0.2, 0) is 13.5 Å². The fourth-order valence-electron chi connectivity index (χ4n) is 2.02. The highest BCUT2D eigenvalue weighted by Crippen LogP contribution is 2.14. The normalized spacial score (nSPS) is 12.0. The second kappa shape index (κ2) is 6.35. The van der Waals surface area contributed by atoms with Crippen molar-refractivity contribution in [2.75, 3.05) is 0 Å². The predicted molar refractivity (Wildman–Crippen MR) is 81.2 cm³/mol. The Morgan fingerprint density at radius 1 is 1.24 bits per heavy atom. The third kappa shape index (κ3) is 3.56. The van der Waals surface area contributed by atoms with Crippen LogP contribution in [0.2, 0.25) is 0 Å². The smallest absolute Gasteiger partial charge is 0.272 e. The van der Waals surface area contributed by atoms with Gasteiger partial charge in [0.25, 0.3) is 11.5 Å². The lowest BCUT2D eigenvalue weighted by molar-refractivity contribution is 0.0932. The first-order valence-electron chi connectivity index (χ1n) is 6.95. The molecule has 0 aliphatic carbocycles. The highest BCUT2D eigenvalue weighted by molar-refractivity contribution is 5.92. The first-order valence-corrected chi connectivity index (χ1v) is 6.95. The molecule has 0 unspecified atom stereocenters. The predicted octanol–water partition coefficient (Wildman–Crippen LogP) is 1.83. The molecule has 2 aromatic rings. The Labute approximate surface area is 123 Å². The summed E-state index contributed by atoms with van der Waals surface area (Å²) in [7, 11) is 1.52. The molecule has 0 saturated heterocycles. The molecule has 5 nitrogen and oxygen atoms in total. The number of aryl methyl sites for hydroxylation is 2. The number of amides is 1. The molecule has 1 amide bonds. The van der Waals surface area contributed by atoms with Gasteiger partial charge in [0.1, 0.15) is 5.69 Å². The zero-order chi connectivity index (χ0) is 15.4. The second-order valence-corrected chi connectivity index (χ2v) is 4.97. The van der Waals surface area contributed by atoms with Gasteiger partial charge in [0.2, 0.25) is 0 Å². The Hall–Kier alpha value is -2.43.